The van der Waals surface area contributed by atoms with Gasteiger partial charge in [0.2, 0.25) is 5.91 Å². The summed E-state index contributed by atoms with van der Waals surface area (Å²) in [5.41, 5.74) is 0.346. The van der Waals surface area contributed by atoms with Gasteiger partial charge in [-0.15, -0.1) is 0 Å². The summed E-state index contributed by atoms with van der Waals surface area (Å²) in [6.07, 6.45) is 0.773. The van der Waals surface area contributed by atoms with Crippen LogP contribution >= 0.6 is 22.6 Å². The quantitative estimate of drug-likeness (QED) is 0.514. The van der Waals surface area contributed by atoms with Crippen molar-refractivity contribution in [1.29, 1.82) is 0 Å². The summed E-state index contributed by atoms with van der Waals surface area (Å²) in [5, 5.41) is 2.88. The van der Waals surface area contributed by atoms with Crippen molar-refractivity contribution < 1.29 is 18.7 Å². The van der Waals surface area contributed by atoms with E-state index in [4.69, 9.17) is 4.74 Å². The molecule has 0 saturated heterocycles. The Kier molecular flexibility index (Phi) is 8.88. The van der Waals surface area contributed by atoms with Crippen molar-refractivity contribution in [2.24, 2.45) is 0 Å². The van der Waals surface area contributed by atoms with Crippen LogP contribution in [0.5, 0.6) is 5.75 Å². The average molecular weight is 512 g/mol. The van der Waals surface area contributed by atoms with Crippen LogP contribution < -0.4 is 10.1 Å². The fourth-order valence-corrected chi connectivity index (χ4v) is 2.98. The fourth-order valence-electron chi connectivity index (χ4n) is 2.62. The zero-order chi connectivity index (χ0) is 21.4. The normalized spacial score (nSPS) is 12.7. The summed E-state index contributed by atoms with van der Waals surface area (Å²) < 4.78 is 20.8. The molecule has 5 nitrogen and oxygen atoms in total. The molecule has 0 saturated carbocycles. The maximum atomic E-state index is 14.2. The molecule has 2 aromatic carbocycles. The van der Waals surface area contributed by atoms with Gasteiger partial charge < -0.3 is 15.0 Å². The van der Waals surface area contributed by atoms with Gasteiger partial charge in [-0.05, 0) is 73.2 Å². The van der Waals surface area contributed by atoms with Crippen LogP contribution in [0.2, 0.25) is 0 Å². The lowest BCUT2D eigenvalue weighted by atomic mass is 10.1. The molecule has 2 amide bonds. The third-order valence-electron chi connectivity index (χ3n) is 4.64. The smallest absolute Gasteiger partial charge is 0.261 e. The molecule has 0 aliphatic carbocycles. The van der Waals surface area contributed by atoms with Crippen molar-refractivity contribution in [1.82, 2.24) is 10.2 Å². The molecular weight excluding hydrogens is 486 g/mol. The lowest BCUT2D eigenvalue weighted by Crippen LogP contribution is -2.50. The molecule has 156 valence electrons. The van der Waals surface area contributed by atoms with Crippen molar-refractivity contribution in [3.05, 3.63) is 63.5 Å². The van der Waals surface area contributed by atoms with E-state index in [9.17, 15) is 14.0 Å². The zero-order valence-corrected chi connectivity index (χ0v) is 19.0. The van der Waals surface area contributed by atoms with Gasteiger partial charge in [-0.3, -0.25) is 9.59 Å². The third-order valence-corrected chi connectivity index (χ3v) is 5.36. The maximum Gasteiger partial charge on any atom is 0.261 e. The highest BCUT2D eigenvalue weighted by molar-refractivity contribution is 14.1. The van der Waals surface area contributed by atoms with E-state index in [1.807, 2.05) is 26.0 Å². The minimum absolute atomic E-state index is 0.0154. The molecule has 2 aromatic rings. The van der Waals surface area contributed by atoms with Gasteiger partial charge in [-0.2, -0.15) is 0 Å². The van der Waals surface area contributed by atoms with Crippen LogP contribution in [-0.4, -0.2) is 35.4 Å². The van der Waals surface area contributed by atoms with Crippen molar-refractivity contribution in [2.75, 3.05) is 6.61 Å². The molecule has 1 N–H and O–H groups in total. The van der Waals surface area contributed by atoms with Crippen LogP contribution in [0.25, 0.3) is 0 Å². The van der Waals surface area contributed by atoms with Gasteiger partial charge in [-0.25, -0.2) is 4.39 Å². The van der Waals surface area contributed by atoms with Crippen LogP contribution in [-0.2, 0) is 16.1 Å². The van der Waals surface area contributed by atoms with Gasteiger partial charge in [0.1, 0.15) is 17.6 Å². The highest BCUT2D eigenvalue weighted by atomic mass is 127. The minimum Gasteiger partial charge on any atom is -0.484 e. The second-order valence-corrected chi connectivity index (χ2v) is 8.10. The van der Waals surface area contributed by atoms with E-state index in [1.165, 1.54) is 11.0 Å². The number of ether oxygens (including phenoxy) is 1. The third kappa shape index (κ3) is 6.99. The highest BCUT2D eigenvalue weighted by Gasteiger charge is 2.27. The average Bonchev–Trinajstić information content (AvgIpc) is 2.71. The molecule has 0 radical (unpaired) electrons. The molecule has 0 unspecified atom stereocenters. The molecule has 0 fully saturated rings. The van der Waals surface area contributed by atoms with Gasteiger partial charge in [0.25, 0.3) is 5.91 Å². The fraction of sp³-hybridized carbons (Fsp3) is 0.364. The van der Waals surface area contributed by atoms with Crippen molar-refractivity contribution in [2.45, 2.75) is 45.8 Å². The van der Waals surface area contributed by atoms with Crippen molar-refractivity contribution in [3.63, 3.8) is 0 Å². The molecule has 0 aliphatic heterocycles. The second-order valence-electron chi connectivity index (χ2n) is 6.85. The summed E-state index contributed by atoms with van der Waals surface area (Å²) in [4.78, 5) is 26.9. The predicted molar refractivity (Wildman–Crippen MR) is 119 cm³/mol. The maximum absolute atomic E-state index is 14.2. The van der Waals surface area contributed by atoms with E-state index in [0.29, 0.717) is 11.3 Å². The number of nitrogens with one attached hydrogen (secondary N) is 1. The van der Waals surface area contributed by atoms with Gasteiger partial charge in [-0.1, -0.05) is 25.1 Å². The Hall–Kier alpha value is -2.16. The molecular formula is C22H26FIN2O3. The minimum atomic E-state index is -0.767. The molecule has 0 bridgehead atoms. The molecule has 7 heteroatoms. The predicted octanol–water partition coefficient (Wildman–Crippen LogP) is 4.14. The number of nitrogens with zero attached hydrogens (tertiary/aromatic N) is 1. The molecule has 0 heterocycles. The number of carbonyl (C=O) groups excluding carboxylic acids is 2. The SMILES string of the molecule is CC[C@@H](C)NC(=O)[C@@H](C)N(Cc1ccccc1F)C(=O)COc1ccc(I)cc1. The Morgan fingerprint density at radius 2 is 1.79 bits per heavy atom. The standard InChI is InChI=1S/C22H26FIN2O3/c1-4-15(2)25-22(28)16(3)26(13-17-7-5-6-8-20(17)23)21(27)14-29-19-11-9-18(24)10-12-19/h5-12,15-16H,4,13-14H2,1-3H3,(H,25,28)/t15-,16-/m1/s1. The molecule has 0 aromatic heterocycles. The first-order valence-corrected chi connectivity index (χ1v) is 10.6. The Labute approximate surface area is 184 Å². The van der Waals surface area contributed by atoms with Gasteiger partial charge in [0, 0.05) is 21.7 Å². The van der Waals surface area contributed by atoms with E-state index in [1.54, 1.807) is 37.3 Å². The number of carbonyl (C=O) groups is 2. The highest BCUT2D eigenvalue weighted by Crippen LogP contribution is 2.16. The number of benzene rings is 2. The van der Waals surface area contributed by atoms with Crippen LogP contribution in [0, 0.1) is 9.39 Å². The van der Waals surface area contributed by atoms with Crippen molar-refractivity contribution >= 4 is 34.4 Å². The van der Waals surface area contributed by atoms with E-state index in [-0.39, 0.29) is 25.1 Å². The number of rotatable bonds is 9. The Balaban J connectivity index is 2.15. The lowest BCUT2D eigenvalue weighted by Gasteiger charge is -2.29. The number of amides is 2. The number of hydrogen-bond acceptors (Lipinski definition) is 3. The lowest BCUT2D eigenvalue weighted by molar-refractivity contribution is -0.142. The van der Waals surface area contributed by atoms with Crippen LogP contribution in [0.4, 0.5) is 4.39 Å². The molecule has 29 heavy (non-hydrogen) atoms. The largest absolute Gasteiger partial charge is 0.484 e. The summed E-state index contributed by atoms with van der Waals surface area (Å²) >= 11 is 2.18. The summed E-state index contributed by atoms with van der Waals surface area (Å²) in [7, 11) is 0. The zero-order valence-electron chi connectivity index (χ0n) is 16.8. The van der Waals surface area contributed by atoms with Gasteiger partial charge in [0.05, 0.1) is 0 Å². The van der Waals surface area contributed by atoms with E-state index in [0.717, 1.165) is 9.99 Å². The number of halogens is 2. The summed E-state index contributed by atoms with van der Waals surface area (Å²) in [5.74, 6) is -0.531. The monoisotopic (exact) mass is 512 g/mol. The van der Waals surface area contributed by atoms with Crippen LogP contribution in [0.3, 0.4) is 0 Å². The second kappa shape index (κ2) is 11.1. The van der Waals surface area contributed by atoms with Gasteiger partial charge in [0.15, 0.2) is 6.61 Å². The van der Waals surface area contributed by atoms with Crippen LogP contribution in [0.1, 0.15) is 32.8 Å². The van der Waals surface area contributed by atoms with Gasteiger partial charge >= 0.3 is 0 Å². The Morgan fingerprint density at radius 1 is 1.14 bits per heavy atom. The Morgan fingerprint density at radius 3 is 2.41 bits per heavy atom. The Bertz CT molecular complexity index is 829. The summed E-state index contributed by atoms with van der Waals surface area (Å²) in [6.45, 7) is 5.24. The van der Waals surface area contributed by atoms with E-state index >= 15 is 0 Å². The first kappa shape index (κ1) is 23.1. The van der Waals surface area contributed by atoms with Crippen molar-refractivity contribution in [3.8, 4) is 5.75 Å². The van der Waals surface area contributed by atoms with E-state index in [2.05, 4.69) is 27.9 Å². The van der Waals surface area contributed by atoms with Crippen LogP contribution in [0.15, 0.2) is 48.5 Å². The molecule has 2 rings (SSSR count). The molecule has 0 aliphatic rings. The van der Waals surface area contributed by atoms with E-state index < -0.39 is 17.8 Å². The topological polar surface area (TPSA) is 58.6 Å². The molecule has 2 atom stereocenters. The summed E-state index contributed by atoms with van der Waals surface area (Å²) in [6, 6.07) is 12.7. The first-order valence-electron chi connectivity index (χ1n) is 9.53. The number of hydrogen-bond donors (Lipinski definition) is 1. The molecule has 0 spiro atoms. The first-order chi connectivity index (χ1) is 13.8.